The molecule has 188 valence electrons. The van der Waals surface area contributed by atoms with Gasteiger partial charge in [-0.1, -0.05) is 64.9 Å². The van der Waals surface area contributed by atoms with E-state index in [1.807, 2.05) is 36.4 Å². The molecule has 6 rings (SSSR count). The van der Waals surface area contributed by atoms with Gasteiger partial charge in [0.05, 0.1) is 21.1 Å². The summed E-state index contributed by atoms with van der Waals surface area (Å²) in [6.07, 6.45) is 5.40. The van der Waals surface area contributed by atoms with E-state index in [1.54, 1.807) is 12.3 Å². The largest absolute Gasteiger partial charge is 0.482 e. The molecule has 37 heavy (non-hydrogen) atoms. The molecule has 1 spiro atoms. The Morgan fingerprint density at radius 1 is 1.11 bits per heavy atom. The molecule has 9 nitrogen and oxygen atoms in total. The Morgan fingerprint density at radius 2 is 1.89 bits per heavy atom. The van der Waals surface area contributed by atoms with Crippen molar-refractivity contribution in [3.8, 4) is 16.5 Å². The number of anilines is 1. The third kappa shape index (κ3) is 4.56. The quantitative estimate of drug-likeness (QED) is 0.365. The Morgan fingerprint density at radius 3 is 2.70 bits per heavy atom. The molecule has 4 aromatic rings. The number of aromatic nitrogens is 5. The Kier molecular flexibility index (Phi) is 6.10. The predicted molar refractivity (Wildman–Crippen MR) is 141 cm³/mol. The van der Waals surface area contributed by atoms with Gasteiger partial charge >= 0.3 is 5.97 Å². The summed E-state index contributed by atoms with van der Waals surface area (Å²) in [5, 5.41) is 22.7. The second-order valence-electron chi connectivity index (χ2n) is 8.85. The molecular formula is C25H20Cl2N6O3S. The highest BCUT2D eigenvalue weighted by atomic mass is 35.5. The first-order valence-electron chi connectivity index (χ1n) is 11.6. The van der Waals surface area contributed by atoms with E-state index in [9.17, 15) is 4.79 Å². The van der Waals surface area contributed by atoms with Crippen molar-refractivity contribution in [1.82, 2.24) is 25.2 Å². The zero-order valence-corrected chi connectivity index (χ0v) is 21.7. The number of halogens is 2. The first-order valence-corrected chi connectivity index (χ1v) is 13.1. The molecule has 2 aromatic heterocycles. The van der Waals surface area contributed by atoms with Crippen molar-refractivity contribution >= 4 is 51.2 Å². The van der Waals surface area contributed by atoms with Crippen LogP contribution in [0.5, 0.6) is 5.75 Å². The fourth-order valence-electron chi connectivity index (χ4n) is 4.67. The van der Waals surface area contributed by atoms with Gasteiger partial charge in [-0.05, 0) is 29.0 Å². The molecule has 0 atom stereocenters. The van der Waals surface area contributed by atoms with Crippen LogP contribution in [0.3, 0.4) is 0 Å². The van der Waals surface area contributed by atoms with Crippen LogP contribution >= 0.6 is 34.5 Å². The lowest BCUT2D eigenvalue weighted by Gasteiger charge is -2.43. The van der Waals surface area contributed by atoms with Gasteiger partial charge in [0.25, 0.3) is 0 Å². The van der Waals surface area contributed by atoms with Crippen LogP contribution in [0.25, 0.3) is 16.3 Å². The van der Waals surface area contributed by atoms with Crippen LogP contribution in [-0.4, -0.2) is 55.0 Å². The van der Waals surface area contributed by atoms with E-state index in [4.69, 9.17) is 33.0 Å². The average Bonchev–Trinajstić information content (AvgIpc) is 3.55. The minimum atomic E-state index is -1.03. The second kappa shape index (κ2) is 9.44. The van der Waals surface area contributed by atoms with Crippen molar-refractivity contribution < 1.29 is 14.6 Å². The summed E-state index contributed by atoms with van der Waals surface area (Å²) in [6.45, 7) is 1.13. The fourth-order valence-corrected chi connectivity index (χ4v) is 5.96. The molecule has 0 amide bonds. The van der Waals surface area contributed by atoms with E-state index in [-0.39, 0.29) is 6.54 Å². The molecule has 2 aliphatic rings. The number of aliphatic carboxylic acids is 1. The SMILES string of the molecule is O=C(O)Cn1nnc(-c2cnc(N3CCC4(C=C(c5cccc(Cl)c5Cl)c5ccccc5O4)CC3)s2)n1. The topological polar surface area (TPSA) is 106 Å². The zero-order valence-electron chi connectivity index (χ0n) is 19.3. The molecule has 12 heteroatoms. The lowest BCUT2D eigenvalue weighted by molar-refractivity contribution is -0.138. The van der Waals surface area contributed by atoms with Gasteiger partial charge in [0, 0.05) is 37.1 Å². The molecule has 4 heterocycles. The molecule has 0 radical (unpaired) electrons. The highest BCUT2D eigenvalue weighted by molar-refractivity contribution is 7.18. The highest BCUT2D eigenvalue weighted by Crippen LogP contribution is 2.46. The van der Waals surface area contributed by atoms with Gasteiger partial charge in [0.2, 0.25) is 5.82 Å². The molecule has 2 aromatic carbocycles. The van der Waals surface area contributed by atoms with Gasteiger partial charge in [0.15, 0.2) is 11.7 Å². The maximum Gasteiger partial charge on any atom is 0.327 e. The number of carboxylic acid groups (broad SMARTS) is 1. The number of hydrogen-bond donors (Lipinski definition) is 1. The smallest absolute Gasteiger partial charge is 0.327 e. The van der Waals surface area contributed by atoms with Gasteiger partial charge in [-0.3, -0.25) is 4.79 Å². The summed E-state index contributed by atoms with van der Waals surface area (Å²) in [5.74, 6) is 0.159. The fraction of sp³-hybridized carbons (Fsp3) is 0.240. The van der Waals surface area contributed by atoms with Crippen LogP contribution in [-0.2, 0) is 11.3 Å². The lowest BCUT2D eigenvalue weighted by atomic mass is 9.83. The van der Waals surface area contributed by atoms with Gasteiger partial charge in [-0.2, -0.15) is 4.80 Å². The van der Waals surface area contributed by atoms with Crippen molar-refractivity contribution in [3.05, 3.63) is 75.9 Å². The number of piperidine rings is 1. The molecule has 0 saturated carbocycles. The van der Waals surface area contributed by atoms with E-state index in [2.05, 4.69) is 31.4 Å². The molecule has 0 unspecified atom stereocenters. The molecule has 0 aliphatic carbocycles. The van der Waals surface area contributed by atoms with Crippen molar-refractivity contribution in [2.75, 3.05) is 18.0 Å². The number of carbonyl (C=O) groups is 1. The first kappa shape index (κ1) is 23.9. The van der Waals surface area contributed by atoms with Crippen LogP contribution in [0.15, 0.2) is 54.7 Å². The van der Waals surface area contributed by atoms with Crippen molar-refractivity contribution in [2.45, 2.75) is 25.0 Å². The van der Waals surface area contributed by atoms with Crippen molar-refractivity contribution in [2.24, 2.45) is 0 Å². The number of rotatable bonds is 5. The summed E-state index contributed by atoms with van der Waals surface area (Å²) in [7, 11) is 0. The summed E-state index contributed by atoms with van der Waals surface area (Å²) < 4.78 is 6.60. The second-order valence-corrected chi connectivity index (χ2v) is 10.6. The Labute approximate surface area is 225 Å². The third-order valence-electron chi connectivity index (χ3n) is 6.46. The van der Waals surface area contributed by atoms with Gasteiger partial charge in [-0.15, -0.1) is 10.2 Å². The van der Waals surface area contributed by atoms with E-state index in [0.717, 1.165) is 63.2 Å². The first-order chi connectivity index (χ1) is 17.9. The van der Waals surface area contributed by atoms with Gasteiger partial charge in [-0.25, -0.2) is 4.98 Å². The average molecular weight is 555 g/mol. The van der Waals surface area contributed by atoms with Crippen molar-refractivity contribution in [3.63, 3.8) is 0 Å². The third-order valence-corrected chi connectivity index (χ3v) is 8.34. The van der Waals surface area contributed by atoms with Gasteiger partial charge in [0.1, 0.15) is 11.4 Å². The number of fused-ring (bicyclic) bond motifs is 1. The summed E-state index contributed by atoms with van der Waals surface area (Å²) >= 11 is 14.4. The van der Waals surface area contributed by atoms with E-state index < -0.39 is 11.6 Å². The van der Waals surface area contributed by atoms with Crippen LogP contribution in [0, 0.1) is 0 Å². The Balaban J connectivity index is 1.24. The maximum atomic E-state index is 10.9. The number of hydrogen-bond acceptors (Lipinski definition) is 8. The Hall–Kier alpha value is -3.47. The number of para-hydroxylation sites is 1. The van der Waals surface area contributed by atoms with E-state index >= 15 is 0 Å². The van der Waals surface area contributed by atoms with Crippen LogP contribution in [0.2, 0.25) is 10.0 Å². The molecule has 2 aliphatic heterocycles. The standard InChI is InChI=1S/C25H20Cl2N6O3S/c26-18-6-3-5-16(22(18)27)17-12-25(36-19-7-2-1-4-15(17)19)8-10-32(11-9-25)24-28-13-20(37-24)23-29-31-33(30-23)14-21(34)35/h1-7,12-13H,8-11,14H2,(H,34,35). The van der Waals surface area contributed by atoms with Crippen molar-refractivity contribution in [1.29, 1.82) is 0 Å². The summed E-state index contributed by atoms with van der Waals surface area (Å²) in [4.78, 5) is 19.4. The molecular weight excluding hydrogens is 535 g/mol. The van der Waals surface area contributed by atoms with Crippen LogP contribution in [0.1, 0.15) is 24.0 Å². The number of benzene rings is 2. The number of thiazole rings is 1. The zero-order chi connectivity index (χ0) is 25.6. The minimum absolute atomic E-state index is 0.341. The summed E-state index contributed by atoms with van der Waals surface area (Å²) in [6, 6.07) is 13.7. The maximum absolute atomic E-state index is 10.9. The number of tetrazole rings is 1. The van der Waals surface area contributed by atoms with Crippen LogP contribution < -0.4 is 9.64 Å². The number of carboxylic acids is 1. The van der Waals surface area contributed by atoms with E-state index in [1.165, 1.54) is 11.3 Å². The van der Waals surface area contributed by atoms with Crippen LogP contribution in [0.4, 0.5) is 5.13 Å². The molecule has 1 fully saturated rings. The Bertz CT molecular complexity index is 1530. The highest BCUT2D eigenvalue weighted by Gasteiger charge is 2.40. The monoisotopic (exact) mass is 554 g/mol. The molecule has 1 saturated heterocycles. The number of ether oxygens (including phenoxy) is 1. The predicted octanol–water partition coefficient (Wildman–Crippen LogP) is 5.05. The lowest BCUT2D eigenvalue weighted by Crippen LogP contribution is -2.48. The normalized spacial score (nSPS) is 16.3. The number of nitrogens with zero attached hydrogens (tertiary/aromatic N) is 6. The molecule has 0 bridgehead atoms. The van der Waals surface area contributed by atoms with Gasteiger partial charge < -0.3 is 14.7 Å². The van der Waals surface area contributed by atoms with E-state index in [0.29, 0.717) is 15.9 Å². The minimum Gasteiger partial charge on any atom is -0.482 e. The molecule has 1 N–H and O–H groups in total. The summed E-state index contributed by atoms with van der Waals surface area (Å²) in [5.41, 5.74) is 2.43.